The van der Waals surface area contributed by atoms with Gasteiger partial charge in [0.05, 0.1) is 12.7 Å². The molecule has 0 aliphatic rings. The summed E-state index contributed by atoms with van der Waals surface area (Å²) in [6.07, 6.45) is 8.37. The van der Waals surface area contributed by atoms with Crippen LogP contribution in [0.4, 0.5) is 0 Å². The Hall–Kier alpha value is -0.0400. The molecule has 1 nitrogen and oxygen atoms in total. The molecule has 110 valence electrons. The highest BCUT2D eigenvalue weighted by molar-refractivity contribution is 4.76. The number of hydrogen-bond acceptors (Lipinski definition) is 1. The summed E-state index contributed by atoms with van der Waals surface area (Å²) in [5, 5.41) is 0. The van der Waals surface area contributed by atoms with E-state index in [1.165, 1.54) is 38.5 Å². The topological polar surface area (TPSA) is 9.23 Å². The van der Waals surface area contributed by atoms with E-state index in [0.29, 0.717) is 6.10 Å². The summed E-state index contributed by atoms with van der Waals surface area (Å²) in [7, 11) is 0. The van der Waals surface area contributed by atoms with Gasteiger partial charge in [0, 0.05) is 0 Å². The van der Waals surface area contributed by atoms with Crippen molar-refractivity contribution in [2.75, 3.05) is 6.61 Å². The monoisotopic (exact) mass is 256 g/mol. The molecule has 0 heterocycles. The molecule has 0 aliphatic carbocycles. The Morgan fingerprint density at radius 3 is 1.83 bits per heavy atom. The largest absolute Gasteiger partial charge is 0.377 e. The third-order valence-electron chi connectivity index (χ3n) is 3.25. The summed E-state index contributed by atoms with van der Waals surface area (Å²) < 4.78 is 6.18. The molecule has 0 N–H and O–H groups in total. The van der Waals surface area contributed by atoms with Gasteiger partial charge >= 0.3 is 0 Å². The molecule has 0 rings (SSSR count). The number of unbranched alkanes of at least 4 members (excludes halogenated alkanes) is 4. The van der Waals surface area contributed by atoms with Crippen molar-refractivity contribution in [3.05, 3.63) is 0 Å². The summed E-state index contributed by atoms with van der Waals surface area (Å²) in [5.41, 5.74) is 0.529. The average Bonchev–Trinajstić information content (AvgIpc) is 2.18. The lowest BCUT2D eigenvalue weighted by Gasteiger charge is -2.33. The first kappa shape index (κ1) is 18.0. The van der Waals surface area contributed by atoms with Crippen LogP contribution in [-0.4, -0.2) is 12.7 Å². The fraction of sp³-hybridized carbons (Fsp3) is 1.00. The Morgan fingerprint density at radius 1 is 0.833 bits per heavy atom. The Labute approximate surface area is 116 Å². The van der Waals surface area contributed by atoms with Crippen LogP contribution in [0, 0.1) is 10.8 Å². The van der Waals surface area contributed by atoms with Crippen molar-refractivity contribution in [2.24, 2.45) is 10.8 Å². The summed E-state index contributed by atoms with van der Waals surface area (Å²) >= 11 is 0. The molecule has 0 aliphatic heterocycles. The van der Waals surface area contributed by atoms with Gasteiger partial charge in [-0.25, -0.2) is 0 Å². The van der Waals surface area contributed by atoms with Gasteiger partial charge in [0.15, 0.2) is 0 Å². The first-order valence-corrected chi connectivity index (χ1v) is 7.78. The van der Waals surface area contributed by atoms with E-state index in [0.717, 1.165) is 6.61 Å². The minimum atomic E-state index is 0.260. The van der Waals surface area contributed by atoms with Gasteiger partial charge in [0.1, 0.15) is 0 Å². The van der Waals surface area contributed by atoms with Crippen molar-refractivity contribution in [2.45, 2.75) is 93.1 Å². The highest BCUT2D eigenvalue weighted by atomic mass is 16.5. The maximum absolute atomic E-state index is 6.18. The van der Waals surface area contributed by atoms with Gasteiger partial charge in [-0.15, -0.1) is 0 Å². The number of ether oxygens (including phenoxy) is 1. The summed E-state index contributed by atoms with van der Waals surface area (Å²) in [6.45, 7) is 16.8. The lowest BCUT2D eigenvalue weighted by Crippen LogP contribution is -2.32. The van der Waals surface area contributed by atoms with Crippen molar-refractivity contribution < 1.29 is 4.74 Å². The molecular weight excluding hydrogens is 220 g/mol. The Bertz CT molecular complexity index is 195. The zero-order valence-electron chi connectivity index (χ0n) is 13.9. The molecule has 18 heavy (non-hydrogen) atoms. The third kappa shape index (κ3) is 9.94. The van der Waals surface area contributed by atoms with Gasteiger partial charge in [-0.3, -0.25) is 0 Å². The van der Waals surface area contributed by atoms with E-state index in [2.05, 4.69) is 48.5 Å². The van der Waals surface area contributed by atoms with Crippen molar-refractivity contribution in [3.63, 3.8) is 0 Å². The van der Waals surface area contributed by atoms with Crippen LogP contribution in [0.25, 0.3) is 0 Å². The molecule has 0 saturated carbocycles. The molecule has 0 fully saturated rings. The second-order valence-electron chi connectivity index (χ2n) is 7.93. The van der Waals surface area contributed by atoms with Gasteiger partial charge in [-0.1, -0.05) is 80.6 Å². The predicted molar refractivity (Wildman–Crippen MR) is 82.0 cm³/mol. The normalized spacial score (nSPS) is 14.8. The van der Waals surface area contributed by atoms with E-state index >= 15 is 0 Å². The predicted octanol–water partition coefficient (Wildman–Crippen LogP) is 5.82. The van der Waals surface area contributed by atoms with E-state index < -0.39 is 0 Å². The van der Waals surface area contributed by atoms with E-state index in [4.69, 9.17) is 4.74 Å². The van der Waals surface area contributed by atoms with Crippen LogP contribution in [0.2, 0.25) is 0 Å². The van der Waals surface area contributed by atoms with E-state index in [-0.39, 0.29) is 10.8 Å². The quantitative estimate of drug-likeness (QED) is 0.497. The standard InChI is InChI=1S/C17H36O/c1-8-9-10-11-12-13-15(17(5,6)7)18-14-16(2,3)4/h15H,8-14H2,1-7H3. The summed E-state index contributed by atoms with van der Waals surface area (Å²) in [6, 6.07) is 0. The Morgan fingerprint density at radius 2 is 1.39 bits per heavy atom. The second-order valence-corrected chi connectivity index (χ2v) is 7.93. The van der Waals surface area contributed by atoms with Crippen LogP contribution in [0.5, 0.6) is 0 Å². The van der Waals surface area contributed by atoms with E-state index in [1.807, 2.05) is 0 Å². The van der Waals surface area contributed by atoms with Gasteiger partial charge < -0.3 is 4.74 Å². The van der Waals surface area contributed by atoms with E-state index in [9.17, 15) is 0 Å². The summed E-state index contributed by atoms with van der Waals surface area (Å²) in [4.78, 5) is 0. The minimum absolute atomic E-state index is 0.260. The molecule has 1 heteroatoms. The lowest BCUT2D eigenvalue weighted by atomic mass is 9.85. The first-order valence-electron chi connectivity index (χ1n) is 7.78. The van der Waals surface area contributed by atoms with Gasteiger partial charge in [-0.05, 0) is 17.3 Å². The van der Waals surface area contributed by atoms with Crippen LogP contribution in [0.1, 0.15) is 87.0 Å². The lowest BCUT2D eigenvalue weighted by molar-refractivity contribution is -0.0523. The van der Waals surface area contributed by atoms with Crippen LogP contribution in [0.3, 0.4) is 0 Å². The van der Waals surface area contributed by atoms with Crippen molar-refractivity contribution in [1.29, 1.82) is 0 Å². The van der Waals surface area contributed by atoms with Gasteiger partial charge in [0.2, 0.25) is 0 Å². The fourth-order valence-electron chi connectivity index (χ4n) is 2.05. The zero-order valence-corrected chi connectivity index (χ0v) is 13.9. The van der Waals surface area contributed by atoms with Gasteiger partial charge in [-0.2, -0.15) is 0 Å². The average molecular weight is 256 g/mol. The Balaban J connectivity index is 4.02. The van der Waals surface area contributed by atoms with Crippen molar-refractivity contribution in [1.82, 2.24) is 0 Å². The minimum Gasteiger partial charge on any atom is -0.377 e. The fourth-order valence-corrected chi connectivity index (χ4v) is 2.05. The Kier molecular flexibility index (Phi) is 8.18. The zero-order chi connectivity index (χ0) is 14.2. The second kappa shape index (κ2) is 8.19. The van der Waals surface area contributed by atoms with Crippen molar-refractivity contribution >= 4 is 0 Å². The van der Waals surface area contributed by atoms with Crippen LogP contribution in [-0.2, 0) is 4.74 Å². The molecule has 0 aromatic rings. The maximum Gasteiger partial charge on any atom is 0.0623 e. The molecular formula is C17H36O. The molecule has 0 amide bonds. The van der Waals surface area contributed by atoms with Gasteiger partial charge in [0.25, 0.3) is 0 Å². The number of rotatable bonds is 8. The molecule has 0 aromatic heterocycles. The molecule has 0 saturated heterocycles. The van der Waals surface area contributed by atoms with Crippen LogP contribution in [0.15, 0.2) is 0 Å². The number of hydrogen-bond donors (Lipinski definition) is 0. The highest BCUT2D eigenvalue weighted by Crippen LogP contribution is 2.28. The molecule has 1 unspecified atom stereocenters. The van der Waals surface area contributed by atoms with Crippen molar-refractivity contribution in [3.8, 4) is 0 Å². The summed E-state index contributed by atoms with van der Waals surface area (Å²) in [5.74, 6) is 0. The molecule has 0 bridgehead atoms. The van der Waals surface area contributed by atoms with E-state index in [1.54, 1.807) is 0 Å². The highest BCUT2D eigenvalue weighted by Gasteiger charge is 2.26. The van der Waals surface area contributed by atoms with Crippen LogP contribution >= 0.6 is 0 Å². The first-order chi connectivity index (χ1) is 8.17. The third-order valence-corrected chi connectivity index (χ3v) is 3.25. The molecule has 1 atom stereocenters. The van der Waals surface area contributed by atoms with Crippen LogP contribution < -0.4 is 0 Å². The maximum atomic E-state index is 6.18. The molecule has 0 spiro atoms. The smallest absolute Gasteiger partial charge is 0.0623 e. The molecule has 0 radical (unpaired) electrons. The molecule has 0 aromatic carbocycles. The SMILES string of the molecule is CCCCCCCC(OCC(C)(C)C)C(C)(C)C.